The lowest BCUT2D eigenvalue weighted by Crippen LogP contribution is -2.36. The average Bonchev–Trinajstić information content (AvgIpc) is 2.25. The van der Waals surface area contributed by atoms with Crippen LogP contribution in [0.3, 0.4) is 0 Å². The highest BCUT2D eigenvalue weighted by atomic mass is 16.4. The molecule has 0 spiro atoms. The van der Waals surface area contributed by atoms with Crippen LogP contribution in [0.15, 0.2) is 30.3 Å². The fourth-order valence-corrected chi connectivity index (χ4v) is 1.59. The van der Waals surface area contributed by atoms with Gasteiger partial charge in [0.05, 0.1) is 0 Å². The first kappa shape index (κ1) is 12.3. The molecule has 2 nitrogen and oxygen atoms in total. The van der Waals surface area contributed by atoms with Crippen molar-refractivity contribution in [3.05, 3.63) is 30.3 Å². The van der Waals surface area contributed by atoms with E-state index in [1.54, 1.807) is 0 Å². The number of benzene rings is 1. The predicted octanol–water partition coefficient (Wildman–Crippen LogP) is 1.69. The third-order valence-electron chi connectivity index (χ3n) is 2.33. The highest BCUT2D eigenvalue weighted by Gasteiger charge is 2.21. The highest BCUT2D eigenvalue weighted by Crippen LogP contribution is 2.09. The molecule has 0 aliphatic carbocycles. The summed E-state index contributed by atoms with van der Waals surface area (Å²) in [4.78, 5) is 0. The van der Waals surface area contributed by atoms with E-state index in [2.05, 4.69) is 26.0 Å². The van der Waals surface area contributed by atoms with Crippen LogP contribution in [-0.4, -0.2) is 25.2 Å². The Balaban J connectivity index is 2.58. The Morgan fingerprint density at radius 2 is 1.93 bits per heavy atom. The fraction of sp³-hybridized carbons (Fsp3) is 0.500. The molecule has 0 radical (unpaired) electrons. The molecule has 1 rings (SSSR count). The molecule has 15 heavy (non-hydrogen) atoms. The lowest BCUT2D eigenvalue weighted by Gasteiger charge is -2.17. The van der Waals surface area contributed by atoms with Gasteiger partial charge in [-0.05, 0) is 17.7 Å². The van der Waals surface area contributed by atoms with E-state index in [1.807, 2.05) is 18.2 Å². The largest absolute Gasteiger partial charge is 0.430 e. The van der Waals surface area contributed by atoms with Gasteiger partial charge < -0.3 is 9.76 Å². The maximum absolute atomic E-state index is 8.71. The number of hydrogen-bond acceptors (Lipinski definition) is 2. The Morgan fingerprint density at radius 1 is 1.27 bits per heavy atom. The van der Waals surface area contributed by atoms with E-state index in [0.717, 1.165) is 0 Å². The fourth-order valence-electron chi connectivity index (χ4n) is 1.59. The summed E-state index contributed by atoms with van der Waals surface area (Å²) < 4.78 is 5.77. The van der Waals surface area contributed by atoms with Crippen molar-refractivity contribution < 1.29 is 9.76 Å². The summed E-state index contributed by atoms with van der Waals surface area (Å²) in [5.41, 5.74) is 1.21. The van der Waals surface area contributed by atoms with Crippen molar-refractivity contribution in [3.8, 4) is 0 Å². The molecule has 0 aliphatic rings. The Bertz CT molecular complexity index is 262. The van der Waals surface area contributed by atoms with Crippen molar-refractivity contribution in [3.63, 3.8) is 0 Å². The average molecular weight is 206 g/mol. The van der Waals surface area contributed by atoms with Crippen LogP contribution >= 0.6 is 0 Å². The van der Waals surface area contributed by atoms with Crippen LogP contribution in [0, 0.1) is 0 Å². The highest BCUT2D eigenvalue weighted by molar-refractivity contribution is 6.68. The van der Waals surface area contributed by atoms with Gasteiger partial charge in [0, 0.05) is 13.2 Å². The Morgan fingerprint density at radius 3 is 2.47 bits per heavy atom. The normalized spacial score (nSPS) is 10.7. The molecule has 1 N–H and O–H groups in total. The molecular formula is C12H19BO2. The van der Waals surface area contributed by atoms with Gasteiger partial charge in [0.1, 0.15) is 0 Å². The molecule has 0 fully saturated rings. The van der Waals surface area contributed by atoms with Crippen LogP contribution in [0.4, 0.5) is 0 Å². The molecule has 0 aromatic heterocycles. The molecule has 3 heteroatoms. The van der Waals surface area contributed by atoms with Gasteiger partial charge >= 0.3 is 6.92 Å². The summed E-state index contributed by atoms with van der Waals surface area (Å²) in [5, 5.41) is 8.71. The van der Waals surface area contributed by atoms with Crippen molar-refractivity contribution in [2.75, 3.05) is 13.2 Å². The van der Waals surface area contributed by atoms with E-state index in [0.29, 0.717) is 18.8 Å². The molecule has 82 valence electrons. The Labute approximate surface area is 92.4 Å². The number of rotatable bonds is 6. The van der Waals surface area contributed by atoms with Gasteiger partial charge in [-0.25, -0.2) is 0 Å². The van der Waals surface area contributed by atoms with Gasteiger partial charge in [-0.15, -0.1) is 0 Å². The summed E-state index contributed by atoms with van der Waals surface area (Å²) in [7, 11) is 0. The van der Waals surface area contributed by atoms with Crippen LogP contribution in [0.1, 0.15) is 20.3 Å². The van der Waals surface area contributed by atoms with E-state index < -0.39 is 0 Å². The first-order chi connectivity index (χ1) is 7.25. The molecule has 1 aromatic rings. The third kappa shape index (κ3) is 4.06. The van der Waals surface area contributed by atoms with Gasteiger partial charge in [-0.2, -0.15) is 0 Å². The first-order valence-corrected chi connectivity index (χ1v) is 5.53. The topological polar surface area (TPSA) is 29.5 Å². The van der Waals surface area contributed by atoms with Crippen LogP contribution < -0.4 is 5.46 Å². The predicted molar refractivity (Wildman–Crippen MR) is 64.6 cm³/mol. The zero-order valence-electron chi connectivity index (χ0n) is 9.52. The van der Waals surface area contributed by atoms with E-state index in [1.165, 1.54) is 5.46 Å². The molecule has 0 saturated heterocycles. The van der Waals surface area contributed by atoms with E-state index in [4.69, 9.17) is 9.76 Å². The van der Waals surface area contributed by atoms with Gasteiger partial charge in [-0.1, -0.05) is 44.2 Å². The molecule has 0 unspecified atom stereocenters. The number of aliphatic hydroxyl groups is 1. The minimum Gasteiger partial charge on any atom is -0.430 e. The van der Waals surface area contributed by atoms with Crippen LogP contribution in [0.5, 0.6) is 0 Å². The second kappa shape index (κ2) is 6.65. The van der Waals surface area contributed by atoms with E-state index >= 15 is 0 Å². The van der Waals surface area contributed by atoms with Gasteiger partial charge in [0.2, 0.25) is 0 Å². The van der Waals surface area contributed by atoms with Crippen LogP contribution in [0.25, 0.3) is 0 Å². The Hall–Kier alpha value is -0.795. The van der Waals surface area contributed by atoms with Gasteiger partial charge in [0.25, 0.3) is 0 Å². The maximum Gasteiger partial charge on any atom is 0.329 e. The minimum absolute atomic E-state index is 0.137. The standard InChI is InChI=1S/C12H19BO2/c1-11(2)13(15-10-6-9-14)12-7-4-3-5-8-12/h3-5,7-8,11,14H,6,9-10H2,1-2H3. The molecule has 0 aliphatic heterocycles. The second-order valence-electron chi connectivity index (χ2n) is 4.02. The number of hydrogen-bond donors (Lipinski definition) is 1. The third-order valence-corrected chi connectivity index (χ3v) is 2.33. The molecule has 1 aromatic carbocycles. The first-order valence-electron chi connectivity index (χ1n) is 5.53. The Kier molecular flexibility index (Phi) is 5.44. The van der Waals surface area contributed by atoms with Gasteiger partial charge in [-0.3, -0.25) is 0 Å². The SMILES string of the molecule is CC(C)B(OCCCO)c1ccccc1. The summed E-state index contributed by atoms with van der Waals surface area (Å²) in [6, 6.07) is 10.2. The van der Waals surface area contributed by atoms with Gasteiger partial charge in [0.15, 0.2) is 0 Å². The van der Waals surface area contributed by atoms with Crippen molar-refractivity contribution in [1.29, 1.82) is 0 Å². The smallest absolute Gasteiger partial charge is 0.329 e. The van der Waals surface area contributed by atoms with Crippen LogP contribution in [-0.2, 0) is 4.65 Å². The quantitative estimate of drug-likeness (QED) is 0.567. The number of aliphatic hydroxyl groups excluding tert-OH is 1. The monoisotopic (exact) mass is 206 g/mol. The maximum atomic E-state index is 8.71. The molecular weight excluding hydrogens is 187 g/mol. The molecule has 0 saturated carbocycles. The van der Waals surface area contributed by atoms with E-state index in [-0.39, 0.29) is 13.5 Å². The van der Waals surface area contributed by atoms with Crippen molar-refractivity contribution in [1.82, 2.24) is 0 Å². The van der Waals surface area contributed by atoms with E-state index in [9.17, 15) is 0 Å². The minimum atomic E-state index is 0.137. The van der Waals surface area contributed by atoms with Crippen LogP contribution in [0.2, 0.25) is 5.82 Å². The van der Waals surface area contributed by atoms with Crippen molar-refractivity contribution >= 4 is 12.4 Å². The molecule has 0 bridgehead atoms. The summed E-state index contributed by atoms with van der Waals surface area (Å²) in [6.07, 6.45) is 0.704. The lowest BCUT2D eigenvalue weighted by molar-refractivity contribution is 0.234. The summed E-state index contributed by atoms with van der Waals surface area (Å²) in [6.45, 7) is 5.25. The summed E-state index contributed by atoms with van der Waals surface area (Å²) in [5.74, 6) is 0.450. The molecule has 0 heterocycles. The van der Waals surface area contributed by atoms with Crippen molar-refractivity contribution in [2.24, 2.45) is 0 Å². The molecule has 0 atom stereocenters. The summed E-state index contributed by atoms with van der Waals surface area (Å²) >= 11 is 0. The molecule has 0 amide bonds. The zero-order valence-corrected chi connectivity index (χ0v) is 9.52. The van der Waals surface area contributed by atoms with Crippen molar-refractivity contribution in [2.45, 2.75) is 26.1 Å². The second-order valence-corrected chi connectivity index (χ2v) is 4.02. The lowest BCUT2D eigenvalue weighted by atomic mass is 9.52. The zero-order chi connectivity index (χ0) is 11.1.